The largest absolute Gasteiger partial charge is 0.207 e. The fourth-order valence-corrected chi connectivity index (χ4v) is 0.635. The molecule has 1 heteroatoms. The van der Waals surface area contributed by atoms with Gasteiger partial charge in [-0.25, -0.2) is 4.39 Å². The van der Waals surface area contributed by atoms with Crippen LogP contribution < -0.4 is 0 Å². The molecule has 0 saturated heterocycles. The van der Waals surface area contributed by atoms with E-state index in [4.69, 9.17) is 0 Å². The molecule has 0 spiro atoms. The lowest BCUT2D eigenvalue weighted by atomic mass is 10.2. The number of hydrogen-bond acceptors (Lipinski definition) is 0. The van der Waals surface area contributed by atoms with Crippen LogP contribution in [0, 0.1) is 24.6 Å². The molecule has 0 fully saturated rings. The molecule has 0 atom stereocenters. The van der Waals surface area contributed by atoms with Crippen molar-refractivity contribution in [3.8, 4) is 11.8 Å². The second-order valence-corrected chi connectivity index (χ2v) is 1.81. The topological polar surface area (TPSA) is 0 Å². The maximum absolute atomic E-state index is 12.3. The van der Waals surface area contributed by atoms with E-state index in [0.717, 1.165) is 5.56 Å². The molecule has 1 radical (unpaired) electrons. The van der Waals surface area contributed by atoms with E-state index in [-0.39, 0.29) is 5.82 Å². The van der Waals surface area contributed by atoms with Crippen LogP contribution in [-0.2, 0) is 0 Å². The minimum Gasteiger partial charge on any atom is -0.207 e. The smallest absolute Gasteiger partial charge is 0.123 e. The van der Waals surface area contributed by atoms with Crippen LogP contribution in [0.1, 0.15) is 5.56 Å². The van der Waals surface area contributed by atoms with E-state index >= 15 is 0 Å². The minimum absolute atomic E-state index is 0.241. The Morgan fingerprint density at radius 3 is 2.30 bits per heavy atom. The summed E-state index contributed by atoms with van der Waals surface area (Å²) in [6.07, 6.45) is 0. The molecule has 49 valence electrons. The van der Waals surface area contributed by atoms with Gasteiger partial charge in [0, 0.05) is 12.5 Å². The molecule has 10 heavy (non-hydrogen) atoms. The first-order valence-corrected chi connectivity index (χ1v) is 2.86. The third-order valence-corrected chi connectivity index (χ3v) is 1.08. The Hall–Kier alpha value is -1.29. The summed E-state index contributed by atoms with van der Waals surface area (Å²) >= 11 is 0. The zero-order valence-corrected chi connectivity index (χ0v) is 5.39. The summed E-state index contributed by atoms with van der Waals surface area (Å²) in [5.41, 5.74) is 0.788. The summed E-state index contributed by atoms with van der Waals surface area (Å²) in [4.78, 5) is 0. The van der Waals surface area contributed by atoms with Crippen LogP contribution in [0.5, 0.6) is 0 Å². The van der Waals surface area contributed by atoms with Crippen molar-refractivity contribution in [1.82, 2.24) is 0 Å². The minimum atomic E-state index is -0.241. The quantitative estimate of drug-likeness (QED) is 0.475. The third-order valence-electron chi connectivity index (χ3n) is 1.08. The summed E-state index contributed by atoms with van der Waals surface area (Å²) in [6, 6.07) is 5.99. The predicted molar refractivity (Wildman–Crippen MR) is 38.6 cm³/mol. The molecule has 0 aliphatic carbocycles. The molecule has 1 aromatic carbocycles. The average Bonchev–Trinajstić information content (AvgIpc) is 1.95. The van der Waals surface area contributed by atoms with Crippen molar-refractivity contribution in [2.45, 2.75) is 0 Å². The SMILES string of the molecule is [CH2]C#Cc1ccc(F)cc1. The van der Waals surface area contributed by atoms with Crippen LogP contribution in [0.25, 0.3) is 0 Å². The summed E-state index contributed by atoms with van der Waals surface area (Å²) in [5, 5.41) is 0. The summed E-state index contributed by atoms with van der Waals surface area (Å²) in [7, 11) is 0. The van der Waals surface area contributed by atoms with Gasteiger partial charge in [-0.05, 0) is 24.3 Å². The highest BCUT2D eigenvalue weighted by Gasteiger charge is 1.86. The van der Waals surface area contributed by atoms with Gasteiger partial charge in [0.15, 0.2) is 0 Å². The van der Waals surface area contributed by atoms with E-state index in [1.54, 1.807) is 12.1 Å². The molecular formula is C9H6F. The predicted octanol–water partition coefficient (Wildman–Crippen LogP) is 2.01. The lowest BCUT2D eigenvalue weighted by Gasteiger charge is -1.87. The Kier molecular flexibility index (Phi) is 2.07. The van der Waals surface area contributed by atoms with Gasteiger partial charge in [0.2, 0.25) is 0 Å². The average molecular weight is 133 g/mol. The van der Waals surface area contributed by atoms with E-state index < -0.39 is 0 Å². The second-order valence-electron chi connectivity index (χ2n) is 1.81. The van der Waals surface area contributed by atoms with Crippen molar-refractivity contribution in [2.75, 3.05) is 0 Å². The third kappa shape index (κ3) is 1.60. The molecule has 0 amide bonds. The van der Waals surface area contributed by atoms with E-state index in [0.29, 0.717) is 0 Å². The molecule has 0 aromatic heterocycles. The Labute approximate surface area is 59.7 Å². The van der Waals surface area contributed by atoms with Gasteiger partial charge in [-0.1, -0.05) is 11.8 Å². The van der Waals surface area contributed by atoms with Crippen LogP contribution >= 0.6 is 0 Å². The number of rotatable bonds is 0. The molecule has 0 nitrogen and oxygen atoms in total. The number of benzene rings is 1. The van der Waals surface area contributed by atoms with Gasteiger partial charge in [-0.3, -0.25) is 0 Å². The van der Waals surface area contributed by atoms with Gasteiger partial charge in [0.05, 0.1) is 0 Å². The van der Waals surface area contributed by atoms with Crippen molar-refractivity contribution < 1.29 is 4.39 Å². The van der Waals surface area contributed by atoms with E-state index in [2.05, 4.69) is 18.8 Å². The molecule has 1 aromatic rings. The standard InChI is InChI=1S/C9H6F/c1-2-3-8-4-6-9(10)7-5-8/h4-7H,1H2. The maximum Gasteiger partial charge on any atom is 0.123 e. The summed E-state index contributed by atoms with van der Waals surface area (Å²) in [5.74, 6) is 4.95. The van der Waals surface area contributed by atoms with Gasteiger partial charge in [-0.2, -0.15) is 0 Å². The van der Waals surface area contributed by atoms with Crippen molar-refractivity contribution in [3.63, 3.8) is 0 Å². The van der Waals surface area contributed by atoms with E-state index in [9.17, 15) is 4.39 Å². The second kappa shape index (κ2) is 3.03. The highest BCUT2D eigenvalue weighted by atomic mass is 19.1. The van der Waals surface area contributed by atoms with Crippen molar-refractivity contribution in [3.05, 3.63) is 42.6 Å². The molecule has 0 bridgehead atoms. The molecule has 0 aliphatic rings. The monoisotopic (exact) mass is 133 g/mol. The molecule has 1 rings (SSSR count). The van der Waals surface area contributed by atoms with Crippen LogP contribution in [0.3, 0.4) is 0 Å². The number of hydrogen-bond donors (Lipinski definition) is 0. The molecule has 0 heterocycles. The van der Waals surface area contributed by atoms with E-state index in [1.165, 1.54) is 12.1 Å². The van der Waals surface area contributed by atoms with Gasteiger partial charge >= 0.3 is 0 Å². The van der Waals surface area contributed by atoms with Crippen molar-refractivity contribution >= 4 is 0 Å². The zero-order chi connectivity index (χ0) is 7.40. The Morgan fingerprint density at radius 2 is 1.80 bits per heavy atom. The molecule has 0 saturated carbocycles. The summed E-state index contributed by atoms with van der Waals surface area (Å²) < 4.78 is 12.3. The lowest BCUT2D eigenvalue weighted by Crippen LogP contribution is -1.74. The van der Waals surface area contributed by atoms with Gasteiger partial charge in [0.1, 0.15) is 5.82 Å². The lowest BCUT2D eigenvalue weighted by molar-refractivity contribution is 0.627. The Morgan fingerprint density at radius 1 is 1.20 bits per heavy atom. The van der Waals surface area contributed by atoms with Crippen LogP contribution in [0.15, 0.2) is 24.3 Å². The highest BCUT2D eigenvalue weighted by Crippen LogP contribution is 1.99. The van der Waals surface area contributed by atoms with Gasteiger partial charge in [-0.15, -0.1) is 0 Å². The number of halogens is 1. The van der Waals surface area contributed by atoms with Crippen molar-refractivity contribution in [1.29, 1.82) is 0 Å². The highest BCUT2D eigenvalue weighted by molar-refractivity contribution is 5.34. The Bertz CT molecular complexity index is 261. The maximum atomic E-state index is 12.3. The van der Waals surface area contributed by atoms with Crippen LogP contribution in [0.2, 0.25) is 0 Å². The first kappa shape index (κ1) is 6.82. The summed E-state index contributed by atoms with van der Waals surface area (Å²) in [6.45, 7) is 3.35. The van der Waals surface area contributed by atoms with Crippen LogP contribution in [0.4, 0.5) is 4.39 Å². The molecule has 0 unspecified atom stereocenters. The fourth-order valence-electron chi connectivity index (χ4n) is 0.635. The van der Waals surface area contributed by atoms with Crippen LogP contribution in [-0.4, -0.2) is 0 Å². The fraction of sp³-hybridized carbons (Fsp3) is 0. The van der Waals surface area contributed by atoms with Crippen molar-refractivity contribution in [2.24, 2.45) is 0 Å². The van der Waals surface area contributed by atoms with Gasteiger partial charge < -0.3 is 0 Å². The first-order valence-electron chi connectivity index (χ1n) is 2.86. The molecular weight excluding hydrogens is 127 g/mol. The van der Waals surface area contributed by atoms with Gasteiger partial charge in [0.25, 0.3) is 0 Å². The normalized spacial score (nSPS) is 8.20. The molecule has 0 aliphatic heterocycles. The molecule has 0 N–H and O–H groups in total. The first-order chi connectivity index (χ1) is 4.83. The Balaban J connectivity index is 2.97. The zero-order valence-electron chi connectivity index (χ0n) is 5.39. The van der Waals surface area contributed by atoms with E-state index in [1.807, 2.05) is 0 Å².